The molecule has 2 rings (SSSR count). The molecule has 0 spiro atoms. The minimum Gasteiger partial charge on any atom is -0.378 e. The second kappa shape index (κ2) is 7.34. The highest BCUT2D eigenvalue weighted by atomic mass is 19.3. The first kappa shape index (κ1) is 17.1. The molecule has 2 aliphatic heterocycles. The van der Waals surface area contributed by atoms with Crippen LogP contribution in [0.5, 0.6) is 0 Å². The standard InChI is InChI=1S/C16H30F2N2O/c1-4-21-14-5-9-20(10-6-14)15-7-8-19(11-13(2)3)12-16(15,17)18/h13-15H,4-12H2,1-3H3. The Hall–Kier alpha value is -0.260. The molecule has 2 aliphatic rings. The lowest BCUT2D eigenvalue weighted by atomic mass is 9.95. The van der Waals surface area contributed by atoms with Crippen LogP contribution in [0.15, 0.2) is 0 Å². The first-order chi connectivity index (χ1) is 9.92. The summed E-state index contributed by atoms with van der Waals surface area (Å²) < 4.78 is 34.6. The number of rotatable bonds is 5. The Balaban J connectivity index is 1.87. The highest BCUT2D eigenvalue weighted by Gasteiger charge is 2.47. The molecule has 1 unspecified atom stereocenters. The fourth-order valence-electron chi connectivity index (χ4n) is 3.71. The lowest BCUT2D eigenvalue weighted by Crippen LogP contribution is -2.60. The summed E-state index contributed by atoms with van der Waals surface area (Å²) >= 11 is 0. The van der Waals surface area contributed by atoms with E-state index in [-0.39, 0.29) is 12.6 Å². The summed E-state index contributed by atoms with van der Waals surface area (Å²) in [6.45, 7) is 9.86. The van der Waals surface area contributed by atoms with Crippen LogP contribution in [-0.2, 0) is 4.74 Å². The smallest absolute Gasteiger partial charge is 0.275 e. The highest BCUT2D eigenvalue weighted by molar-refractivity contribution is 4.94. The second-order valence-corrected chi connectivity index (χ2v) is 6.89. The SMILES string of the molecule is CCOC1CCN(C2CCN(CC(C)C)CC2(F)F)CC1. The molecule has 0 aromatic carbocycles. The molecule has 21 heavy (non-hydrogen) atoms. The number of nitrogens with zero attached hydrogens (tertiary/aromatic N) is 2. The Morgan fingerprint density at radius 1 is 1.14 bits per heavy atom. The van der Waals surface area contributed by atoms with Crippen molar-refractivity contribution in [2.45, 2.75) is 58.1 Å². The predicted octanol–water partition coefficient (Wildman–Crippen LogP) is 2.85. The minimum atomic E-state index is -2.59. The van der Waals surface area contributed by atoms with Crippen LogP contribution in [0.3, 0.4) is 0 Å². The third kappa shape index (κ3) is 4.60. The van der Waals surface area contributed by atoms with Gasteiger partial charge in [-0.2, -0.15) is 0 Å². The van der Waals surface area contributed by atoms with Gasteiger partial charge >= 0.3 is 0 Å². The summed E-state index contributed by atoms with van der Waals surface area (Å²) in [6.07, 6.45) is 2.62. The molecular formula is C16H30F2N2O. The van der Waals surface area contributed by atoms with E-state index in [9.17, 15) is 8.78 Å². The van der Waals surface area contributed by atoms with Crippen LogP contribution < -0.4 is 0 Å². The van der Waals surface area contributed by atoms with Crippen LogP contribution in [0.25, 0.3) is 0 Å². The van der Waals surface area contributed by atoms with Crippen molar-refractivity contribution >= 4 is 0 Å². The van der Waals surface area contributed by atoms with Crippen LogP contribution in [0.1, 0.15) is 40.0 Å². The monoisotopic (exact) mass is 304 g/mol. The molecule has 0 radical (unpaired) electrons. The van der Waals surface area contributed by atoms with Crippen molar-refractivity contribution in [2.24, 2.45) is 5.92 Å². The van der Waals surface area contributed by atoms with E-state index in [1.54, 1.807) is 0 Å². The summed E-state index contributed by atoms with van der Waals surface area (Å²) in [5.41, 5.74) is 0. The zero-order chi connectivity index (χ0) is 15.5. The largest absolute Gasteiger partial charge is 0.378 e. The predicted molar refractivity (Wildman–Crippen MR) is 80.9 cm³/mol. The van der Waals surface area contributed by atoms with Gasteiger partial charge in [-0.1, -0.05) is 13.8 Å². The third-order valence-electron chi connectivity index (χ3n) is 4.58. The molecule has 5 heteroatoms. The van der Waals surface area contributed by atoms with E-state index in [0.29, 0.717) is 18.9 Å². The molecule has 2 fully saturated rings. The fourth-order valence-corrected chi connectivity index (χ4v) is 3.71. The van der Waals surface area contributed by atoms with E-state index in [0.717, 1.165) is 39.0 Å². The second-order valence-electron chi connectivity index (χ2n) is 6.89. The summed E-state index contributed by atoms with van der Waals surface area (Å²) in [4.78, 5) is 3.93. The van der Waals surface area contributed by atoms with Gasteiger partial charge in [0.05, 0.1) is 18.7 Å². The lowest BCUT2D eigenvalue weighted by Gasteiger charge is -2.46. The number of piperidine rings is 2. The minimum absolute atomic E-state index is 0.0821. The van der Waals surface area contributed by atoms with Gasteiger partial charge in [0.2, 0.25) is 0 Å². The average Bonchev–Trinajstić information content (AvgIpc) is 2.39. The van der Waals surface area contributed by atoms with Gasteiger partial charge in [-0.15, -0.1) is 0 Å². The molecule has 2 heterocycles. The van der Waals surface area contributed by atoms with Crippen molar-refractivity contribution in [1.29, 1.82) is 0 Å². The zero-order valence-corrected chi connectivity index (χ0v) is 13.7. The third-order valence-corrected chi connectivity index (χ3v) is 4.58. The van der Waals surface area contributed by atoms with Gasteiger partial charge in [0.1, 0.15) is 0 Å². The molecule has 0 aliphatic carbocycles. The van der Waals surface area contributed by atoms with Gasteiger partial charge in [-0.25, -0.2) is 8.78 Å². The van der Waals surface area contributed by atoms with Gasteiger partial charge in [0, 0.05) is 32.8 Å². The Labute approximate surface area is 127 Å². The van der Waals surface area contributed by atoms with Crippen molar-refractivity contribution in [3.05, 3.63) is 0 Å². The van der Waals surface area contributed by atoms with Crippen LogP contribution in [0.2, 0.25) is 0 Å². The van der Waals surface area contributed by atoms with Gasteiger partial charge < -0.3 is 4.74 Å². The molecule has 0 aromatic rings. The molecule has 0 amide bonds. The molecule has 0 saturated carbocycles. The van der Waals surface area contributed by atoms with E-state index in [1.807, 2.05) is 16.7 Å². The maximum absolute atomic E-state index is 14.5. The van der Waals surface area contributed by atoms with Gasteiger partial charge in [-0.05, 0) is 32.1 Å². The number of hydrogen-bond donors (Lipinski definition) is 0. The molecule has 0 bridgehead atoms. The van der Waals surface area contributed by atoms with Crippen LogP contribution >= 0.6 is 0 Å². The topological polar surface area (TPSA) is 15.7 Å². The normalized spacial score (nSPS) is 29.1. The Morgan fingerprint density at radius 2 is 1.81 bits per heavy atom. The average molecular weight is 304 g/mol. The first-order valence-electron chi connectivity index (χ1n) is 8.38. The van der Waals surface area contributed by atoms with Crippen molar-refractivity contribution in [3.8, 4) is 0 Å². The zero-order valence-electron chi connectivity index (χ0n) is 13.7. The van der Waals surface area contributed by atoms with Crippen LogP contribution in [-0.4, -0.2) is 67.2 Å². The molecular weight excluding hydrogens is 274 g/mol. The number of halogens is 2. The molecule has 0 aromatic heterocycles. The van der Waals surface area contributed by atoms with Gasteiger partial charge in [0.25, 0.3) is 5.92 Å². The maximum atomic E-state index is 14.5. The number of alkyl halides is 2. The quantitative estimate of drug-likeness (QED) is 0.777. The summed E-state index contributed by atoms with van der Waals surface area (Å²) in [6, 6.07) is -0.580. The Kier molecular flexibility index (Phi) is 5.97. The van der Waals surface area contributed by atoms with Crippen molar-refractivity contribution in [3.63, 3.8) is 0 Å². The van der Waals surface area contributed by atoms with Crippen molar-refractivity contribution in [2.75, 3.05) is 39.3 Å². The fraction of sp³-hybridized carbons (Fsp3) is 1.00. The van der Waals surface area contributed by atoms with E-state index < -0.39 is 12.0 Å². The Bertz CT molecular complexity index is 317. The molecule has 0 N–H and O–H groups in total. The van der Waals surface area contributed by atoms with Crippen molar-refractivity contribution in [1.82, 2.24) is 9.80 Å². The van der Waals surface area contributed by atoms with Gasteiger partial charge in [-0.3, -0.25) is 9.80 Å². The maximum Gasteiger partial charge on any atom is 0.275 e. The lowest BCUT2D eigenvalue weighted by molar-refractivity contribution is -0.137. The van der Waals surface area contributed by atoms with Crippen LogP contribution in [0.4, 0.5) is 8.78 Å². The number of hydrogen-bond acceptors (Lipinski definition) is 3. The van der Waals surface area contributed by atoms with E-state index in [4.69, 9.17) is 4.74 Å². The molecule has 1 atom stereocenters. The Morgan fingerprint density at radius 3 is 2.33 bits per heavy atom. The number of ether oxygens (including phenoxy) is 1. The highest BCUT2D eigenvalue weighted by Crippen LogP contribution is 2.33. The van der Waals surface area contributed by atoms with E-state index in [1.165, 1.54) is 0 Å². The molecule has 3 nitrogen and oxygen atoms in total. The molecule has 124 valence electrons. The first-order valence-corrected chi connectivity index (χ1v) is 8.38. The van der Waals surface area contributed by atoms with Crippen molar-refractivity contribution < 1.29 is 13.5 Å². The number of likely N-dealkylation sites (tertiary alicyclic amines) is 2. The van der Waals surface area contributed by atoms with E-state index in [2.05, 4.69) is 13.8 Å². The van der Waals surface area contributed by atoms with E-state index >= 15 is 0 Å². The summed E-state index contributed by atoms with van der Waals surface area (Å²) in [5.74, 6) is -2.15. The van der Waals surface area contributed by atoms with Gasteiger partial charge in [0.15, 0.2) is 0 Å². The summed E-state index contributed by atoms with van der Waals surface area (Å²) in [7, 11) is 0. The summed E-state index contributed by atoms with van der Waals surface area (Å²) in [5, 5.41) is 0. The van der Waals surface area contributed by atoms with Crippen LogP contribution in [0, 0.1) is 5.92 Å². The molecule has 2 saturated heterocycles.